The molecule has 1 aromatic carbocycles. The molecule has 1 aromatic rings. The van der Waals surface area contributed by atoms with Crippen LogP contribution in [0, 0.1) is 26.8 Å². The summed E-state index contributed by atoms with van der Waals surface area (Å²) in [5, 5.41) is 1.24. The van der Waals surface area contributed by atoms with Crippen LogP contribution in [0.15, 0.2) is 47.1 Å². The maximum atomic E-state index is 3.36. The molecule has 0 bridgehead atoms. The van der Waals surface area contributed by atoms with Crippen LogP contribution in [0.5, 0.6) is 0 Å². The summed E-state index contributed by atoms with van der Waals surface area (Å²) in [6, 6.07) is 10.1. The fraction of sp³-hybridized carbons (Fsp3) is 0.294. The second kappa shape index (κ2) is 19.9. The van der Waals surface area contributed by atoms with Crippen LogP contribution < -0.4 is 30.1 Å². The van der Waals surface area contributed by atoms with Gasteiger partial charge in [0.1, 0.15) is 0 Å². The van der Waals surface area contributed by atoms with Crippen LogP contribution in [0.2, 0.25) is 0 Å². The Balaban J connectivity index is -0.0000000464. The van der Waals surface area contributed by atoms with Gasteiger partial charge in [-0.1, -0.05) is 57.0 Å². The first kappa shape index (κ1) is 38.4. The molecule has 2 atom stereocenters. The van der Waals surface area contributed by atoms with E-state index in [-0.39, 0.29) is 76.8 Å². The Labute approximate surface area is 177 Å². The van der Waals surface area contributed by atoms with Gasteiger partial charge in [0.05, 0.1) is 0 Å². The van der Waals surface area contributed by atoms with Gasteiger partial charge in [-0.05, 0) is 16.3 Å². The number of allylic oxidation sites excluding steroid dienone is 4. The van der Waals surface area contributed by atoms with Crippen molar-refractivity contribution in [2.45, 2.75) is 27.7 Å². The van der Waals surface area contributed by atoms with Crippen LogP contribution in [0.4, 0.5) is 0 Å². The number of benzene rings is 1. The minimum absolute atomic E-state index is 0. The average Bonchev–Trinajstić information content (AvgIpc) is 2.48. The molecule has 0 spiro atoms. The molecule has 2 unspecified atom stereocenters. The van der Waals surface area contributed by atoms with Crippen molar-refractivity contribution in [3.8, 4) is 0 Å². The normalized spacial score (nSPS) is 13.9. The molecule has 2 rings (SSSR count). The molecule has 0 radical (unpaired) electrons. The molecule has 0 heterocycles. The van der Waals surface area contributed by atoms with Crippen LogP contribution in [-0.4, -0.2) is 11.0 Å². The molecule has 5 heteroatoms. The van der Waals surface area contributed by atoms with Crippen molar-refractivity contribution in [2.24, 2.45) is 5.92 Å². The number of hydrogen-bond acceptors (Lipinski definition) is 0. The van der Waals surface area contributed by atoms with E-state index in [0.29, 0.717) is 5.92 Å². The first-order valence-corrected chi connectivity index (χ1v) is 6.18. The monoisotopic (exact) mass is 453 g/mol. The van der Waals surface area contributed by atoms with Crippen LogP contribution >= 0.6 is 9.24 Å². The zero-order valence-electron chi connectivity index (χ0n) is 13.8. The molecule has 0 fully saturated rings. The maximum absolute atomic E-state index is 3.36. The molecular formula is C17H30Cl2PSiZr-3. The van der Waals surface area contributed by atoms with Gasteiger partial charge in [-0.2, -0.15) is 11.1 Å². The summed E-state index contributed by atoms with van der Waals surface area (Å²) in [4.78, 5) is 0. The third kappa shape index (κ3) is 13.3. The average molecular weight is 456 g/mol. The van der Waals surface area contributed by atoms with E-state index < -0.39 is 0 Å². The van der Waals surface area contributed by atoms with Crippen LogP contribution in [0.25, 0.3) is 0 Å². The minimum atomic E-state index is 0. The van der Waals surface area contributed by atoms with E-state index in [4.69, 9.17) is 0 Å². The molecule has 0 N–H and O–H groups in total. The van der Waals surface area contributed by atoms with Crippen LogP contribution in [0.3, 0.4) is 0 Å². The van der Waals surface area contributed by atoms with Gasteiger partial charge in [-0.15, -0.1) is 16.2 Å². The Morgan fingerprint density at radius 1 is 0.955 bits per heavy atom. The molecule has 22 heavy (non-hydrogen) atoms. The Bertz CT molecular complexity index is 420. The van der Waals surface area contributed by atoms with Gasteiger partial charge in [-0.25, -0.2) is 5.57 Å². The van der Waals surface area contributed by atoms with Gasteiger partial charge in [-0.3, -0.25) is 6.08 Å². The first-order chi connectivity index (χ1) is 7.52. The van der Waals surface area contributed by atoms with E-state index >= 15 is 0 Å². The second-order valence-corrected chi connectivity index (χ2v) is 4.88. The Morgan fingerprint density at radius 2 is 1.36 bits per heavy atom. The molecule has 1 aliphatic rings. The molecule has 0 aromatic heterocycles. The molecule has 0 amide bonds. The number of hydrogen-bond donors (Lipinski definition) is 0. The maximum Gasteiger partial charge on any atom is 2.00 e. The van der Waals surface area contributed by atoms with Gasteiger partial charge < -0.3 is 39.7 Å². The fourth-order valence-corrected chi connectivity index (χ4v) is 1.84. The van der Waals surface area contributed by atoms with E-state index in [1.165, 1.54) is 22.0 Å². The van der Waals surface area contributed by atoms with Gasteiger partial charge in [0.15, 0.2) is 0 Å². The summed E-state index contributed by atoms with van der Waals surface area (Å²) < 4.78 is 0. The third-order valence-electron chi connectivity index (χ3n) is 3.04. The summed E-state index contributed by atoms with van der Waals surface area (Å²) in [6.45, 7) is 8.67. The smallest absolute Gasteiger partial charge is 1.00 e. The Hall–Kier alpha value is 0.810. The van der Waals surface area contributed by atoms with Crippen molar-refractivity contribution in [3.05, 3.63) is 68.0 Å². The minimum Gasteiger partial charge on any atom is -1.00 e. The van der Waals surface area contributed by atoms with Crippen molar-refractivity contribution in [3.63, 3.8) is 0 Å². The summed E-state index contributed by atoms with van der Waals surface area (Å²) >= 11 is 0. The number of halogens is 2. The van der Waals surface area contributed by atoms with Crippen molar-refractivity contribution in [1.29, 1.82) is 0 Å². The Kier molecular flexibility index (Phi) is 34.7. The summed E-state index contributed by atoms with van der Waals surface area (Å²) in [5.74, 6) is 0.560. The number of rotatable bonds is 0. The SMILES string of the molecule is CC1=[C-]C(C)C(C)=C1C.Pc1ccccc1.[CH3-].[CH3-].[Cl-].[Cl-].[SiH4].[Zr+2]. The zero-order chi connectivity index (χ0) is 12.1. The molecule has 0 saturated heterocycles. The van der Waals surface area contributed by atoms with Crippen molar-refractivity contribution in [1.82, 2.24) is 0 Å². The second-order valence-electron chi connectivity index (χ2n) is 4.21. The van der Waals surface area contributed by atoms with E-state index in [0.717, 1.165) is 0 Å². The van der Waals surface area contributed by atoms with Gasteiger partial charge in [0.25, 0.3) is 0 Å². The molecule has 0 aliphatic heterocycles. The fourth-order valence-electron chi connectivity index (χ4n) is 1.61. The molecule has 128 valence electrons. The van der Waals surface area contributed by atoms with E-state index in [1.54, 1.807) is 0 Å². The van der Waals surface area contributed by atoms with E-state index in [2.05, 4.69) is 43.0 Å². The van der Waals surface area contributed by atoms with Crippen molar-refractivity contribution >= 4 is 25.5 Å². The summed E-state index contributed by atoms with van der Waals surface area (Å²) in [6.07, 6.45) is 3.36. The Morgan fingerprint density at radius 3 is 1.50 bits per heavy atom. The molecular weight excluding hydrogens is 425 g/mol. The van der Waals surface area contributed by atoms with Gasteiger partial charge >= 0.3 is 26.2 Å². The summed E-state index contributed by atoms with van der Waals surface area (Å²) in [5.41, 5.74) is 4.25. The predicted molar refractivity (Wildman–Crippen MR) is 99.9 cm³/mol. The predicted octanol–water partition coefficient (Wildman–Crippen LogP) is -2.64. The molecule has 0 nitrogen and oxygen atoms in total. The topological polar surface area (TPSA) is 0 Å². The zero-order valence-corrected chi connectivity index (χ0v) is 18.9. The van der Waals surface area contributed by atoms with Gasteiger partial charge in [0.2, 0.25) is 0 Å². The van der Waals surface area contributed by atoms with Crippen LogP contribution in [0.1, 0.15) is 27.7 Å². The van der Waals surface area contributed by atoms with Crippen molar-refractivity contribution in [2.75, 3.05) is 0 Å². The summed E-state index contributed by atoms with van der Waals surface area (Å²) in [7, 11) is 2.63. The van der Waals surface area contributed by atoms with E-state index in [9.17, 15) is 0 Å². The standard InChI is InChI=1S/C9H13.C6H7P.2CH3.2ClH.H4Si.Zr/c1-6-5-7(2)9(4)8(6)3;7-6-4-2-1-3-5-6;;;;;;/h6H,1-4H3;1-5H,7H2;2*1H3;2*1H;1H4;/q-1;;2*-1;;;;+2/p-2. The molecule has 0 saturated carbocycles. The quantitative estimate of drug-likeness (QED) is 0.228. The van der Waals surface area contributed by atoms with E-state index in [1.807, 2.05) is 30.3 Å². The van der Waals surface area contributed by atoms with Crippen LogP contribution in [-0.2, 0) is 26.2 Å². The van der Waals surface area contributed by atoms with Gasteiger partial charge in [0, 0.05) is 0 Å². The largest absolute Gasteiger partial charge is 2.00 e. The van der Waals surface area contributed by atoms with Crippen molar-refractivity contribution < 1.29 is 51.0 Å². The molecule has 1 aliphatic carbocycles. The first-order valence-electron chi connectivity index (χ1n) is 5.60. The third-order valence-corrected chi connectivity index (χ3v) is 3.42.